The quantitative estimate of drug-likeness (QED) is 0.251. The molecule has 1 N–H and O–H groups in total. The molecule has 244 valence electrons. The number of carbonyl (C=O) groups excluding carboxylic acids is 1. The Bertz CT molecular complexity index is 1110. The fourth-order valence-corrected chi connectivity index (χ4v) is 7.03. The number of sulfonamides is 1. The number of piperazine rings is 1. The molecule has 0 unspecified atom stereocenters. The van der Waals surface area contributed by atoms with Crippen LogP contribution in [0.5, 0.6) is 0 Å². The van der Waals surface area contributed by atoms with Crippen LogP contribution in [-0.4, -0.2) is 94.0 Å². The van der Waals surface area contributed by atoms with E-state index in [0.29, 0.717) is 39.3 Å². The zero-order valence-electron chi connectivity index (χ0n) is 26.6. The van der Waals surface area contributed by atoms with Crippen molar-refractivity contribution < 1.29 is 32.2 Å². The van der Waals surface area contributed by atoms with Gasteiger partial charge in [-0.3, -0.25) is 4.90 Å². The standard InChI is InChI=1S/C32H53N3O7S/c1-5-6-7-8-9-10-11-12-13-14-23-39-30-29-28(41-32(3,4)42-29)27(40-30)24-34-19-21-35(22-20-34)31(36)33-43(37,38)26-17-15-25(2)16-18-26/h15-18,27-30H,5-14,19-24H2,1-4H3,(H,33,36)/t27-,28+,29+,30+/m1/s1. The van der Waals surface area contributed by atoms with Crippen LogP contribution in [0.15, 0.2) is 29.2 Å². The first-order valence-electron chi connectivity index (χ1n) is 16.3. The molecule has 0 spiro atoms. The summed E-state index contributed by atoms with van der Waals surface area (Å²) in [5, 5.41) is 0. The van der Waals surface area contributed by atoms with E-state index in [1.165, 1.54) is 68.4 Å². The average molecular weight is 624 g/mol. The molecule has 0 saturated carbocycles. The number of hydrogen-bond acceptors (Lipinski definition) is 8. The Morgan fingerprint density at radius 3 is 2.12 bits per heavy atom. The van der Waals surface area contributed by atoms with E-state index >= 15 is 0 Å². The van der Waals surface area contributed by atoms with Gasteiger partial charge < -0.3 is 23.8 Å². The lowest BCUT2D eigenvalue weighted by Crippen LogP contribution is -2.54. The van der Waals surface area contributed by atoms with Crippen molar-refractivity contribution in [2.75, 3.05) is 39.3 Å². The lowest BCUT2D eigenvalue weighted by molar-refractivity contribution is -0.235. The first kappa shape index (κ1) is 34.1. The van der Waals surface area contributed by atoms with Gasteiger partial charge >= 0.3 is 6.03 Å². The van der Waals surface area contributed by atoms with Crippen LogP contribution >= 0.6 is 0 Å². The second-order valence-electron chi connectivity index (χ2n) is 12.7. The molecule has 11 heteroatoms. The Morgan fingerprint density at radius 1 is 0.907 bits per heavy atom. The fourth-order valence-electron chi connectivity index (χ4n) is 6.06. The summed E-state index contributed by atoms with van der Waals surface area (Å²) < 4.78 is 52.4. The zero-order valence-corrected chi connectivity index (χ0v) is 27.4. The number of fused-ring (bicyclic) bond motifs is 1. The molecular formula is C32H53N3O7S. The number of aryl methyl sites for hydroxylation is 1. The van der Waals surface area contributed by atoms with Gasteiger partial charge in [0.2, 0.25) is 0 Å². The van der Waals surface area contributed by atoms with Crippen molar-refractivity contribution in [1.82, 2.24) is 14.5 Å². The molecular weight excluding hydrogens is 570 g/mol. The second-order valence-corrected chi connectivity index (χ2v) is 14.4. The molecule has 1 aromatic rings. The van der Waals surface area contributed by atoms with E-state index in [2.05, 4.69) is 16.5 Å². The molecule has 3 fully saturated rings. The largest absolute Gasteiger partial charge is 0.350 e. The highest BCUT2D eigenvalue weighted by Crippen LogP contribution is 2.39. The molecule has 3 saturated heterocycles. The van der Waals surface area contributed by atoms with Gasteiger partial charge in [-0.1, -0.05) is 82.4 Å². The van der Waals surface area contributed by atoms with Crippen molar-refractivity contribution in [2.24, 2.45) is 0 Å². The predicted octanol–water partition coefficient (Wildman–Crippen LogP) is 5.19. The molecule has 1 aromatic carbocycles. The van der Waals surface area contributed by atoms with Crippen LogP contribution < -0.4 is 4.72 Å². The highest BCUT2D eigenvalue weighted by molar-refractivity contribution is 7.90. The molecule has 0 aromatic heterocycles. The van der Waals surface area contributed by atoms with Gasteiger partial charge in [0.15, 0.2) is 12.1 Å². The molecule has 3 heterocycles. The number of nitrogens with one attached hydrogen (secondary N) is 1. The van der Waals surface area contributed by atoms with Gasteiger partial charge in [-0.15, -0.1) is 0 Å². The molecule has 0 aliphatic carbocycles. The van der Waals surface area contributed by atoms with Crippen LogP contribution in [0.4, 0.5) is 4.79 Å². The lowest BCUT2D eigenvalue weighted by atomic mass is 10.1. The van der Waals surface area contributed by atoms with Gasteiger partial charge in [0.05, 0.1) is 4.90 Å². The third-order valence-electron chi connectivity index (χ3n) is 8.54. The molecule has 4 rings (SSSR count). The number of carbonyl (C=O) groups is 1. The summed E-state index contributed by atoms with van der Waals surface area (Å²) in [6.45, 7) is 11.3. The number of hydrogen-bond donors (Lipinski definition) is 1. The number of unbranched alkanes of at least 4 members (excludes halogenated alkanes) is 9. The third kappa shape index (κ3) is 10.1. The van der Waals surface area contributed by atoms with Crippen molar-refractivity contribution in [1.29, 1.82) is 0 Å². The van der Waals surface area contributed by atoms with Crippen LogP contribution in [0.2, 0.25) is 0 Å². The predicted molar refractivity (Wildman–Crippen MR) is 165 cm³/mol. The number of nitrogens with zero attached hydrogens (tertiary/aromatic N) is 2. The van der Waals surface area contributed by atoms with Crippen molar-refractivity contribution >= 4 is 16.1 Å². The first-order chi connectivity index (χ1) is 20.6. The number of amides is 2. The first-order valence-corrected chi connectivity index (χ1v) is 17.8. The van der Waals surface area contributed by atoms with Gasteiger partial charge in [0, 0.05) is 39.3 Å². The Labute approximate surface area is 258 Å². The van der Waals surface area contributed by atoms with Gasteiger partial charge in [0.1, 0.15) is 18.3 Å². The minimum atomic E-state index is -3.92. The minimum Gasteiger partial charge on any atom is -0.350 e. The van der Waals surface area contributed by atoms with E-state index in [4.69, 9.17) is 18.9 Å². The molecule has 3 aliphatic heterocycles. The maximum atomic E-state index is 12.8. The van der Waals surface area contributed by atoms with E-state index in [9.17, 15) is 13.2 Å². The van der Waals surface area contributed by atoms with Gasteiger partial charge in [-0.2, -0.15) is 0 Å². The Balaban J connectivity index is 1.17. The van der Waals surface area contributed by atoms with Gasteiger partial charge in [0.25, 0.3) is 10.0 Å². The second kappa shape index (κ2) is 16.0. The van der Waals surface area contributed by atoms with E-state index in [-0.39, 0.29) is 23.2 Å². The molecule has 3 aliphatic rings. The van der Waals surface area contributed by atoms with Crippen molar-refractivity contribution in [3.05, 3.63) is 29.8 Å². The zero-order chi connectivity index (χ0) is 30.9. The Kier molecular flexibility index (Phi) is 12.7. The summed E-state index contributed by atoms with van der Waals surface area (Å²) in [7, 11) is -3.92. The van der Waals surface area contributed by atoms with E-state index < -0.39 is 28.1 Å². The van der Waals surface area contributed by atoms with Crippen LogP contribution in [0, 0.1) is 6.92 Å². The molecule has 10 nitrogen and oxygen atoms in total. The topological polar surface area (TPSA) is 107 Å². The molecule has 0 radical (unpaired) electrons. The highest BCUT2D eigenvalue weighted by atomic mass is 32.2. The number of benzene rings is 1. The maximum Gasteiger partial charge on any atom is 0.331 e. The average Bonchev–Trinajstić information content (AvgIpc) is 3.45. The molecule has 2 amide bonds. The lowest BCUT2D eigenvalue weighted by Gasteiger charge is -2.36. The fraction of sp³-hybridized carbons (Fsp3) is 0.781. The molecule has 43 heavy (non-hydrogen) atoms. The maximum absolute atomic E-state index is 12.8. The summed E-state index contributed by atoms with van der Waals surface area (Å²) in [5.74, 6) is -0.699. The third-order valence-corrected chi connectivity index (χ3v) is 9.87. The summed E-state index contributed by atoms with van der Waals surface area (Å²) in [6, 6.07) is 5.82. The SMILES string of the molecule is CCCCCCCCCCCCO[C@H]1O[C@H](CN2CCN(C(=O)NS(=O)(=O)c3ccc(C)cc3)CC2)[C@@H]2OC(C)(C)O[C@H]12. The number of rotatable bonds is 16. The summed E-state index contributed by atoms with van der Waals surface area (Å²) in [4.78, 5) is 16.6. The van der Waals surface area contributed by atoms with Crippen molar-refractivity contribution in [2.45, 2.75) is 127 Å². The van der Waals surface area contributed by atoms with Crippen LogP contribution in [0.1, 0.15) is 90.5 Å². The Morgan fingerprint density at radius 2 is 1.49 bits per heavy atom. The minimum absolute atomic E-state index is 0.0738. The van der Waals surface area contributed by atoms with Crippen molar-refractivity contribution in [3.63, 3.8) is 0 Å². The van der Waals surface area contributed by atoms with Crippen molar-refractivity contribution in [3.8, 4) is 0 Å². The van der Waals surface area contributed by atoms with E-state index in [1.54, 1.807) is 12.1 Å². The molecule has 4 atom stereocenters. The van der Waals surface area contributed by atoms with Gasteiger partial charge in [-0.05, 0) is 39.3 Å². The number of urea groups is 1. The summed E-state index contributed by atoms with van der Waals surface area (Å²) in [6.07, 6.45) is 11.6. The van der Waals surface area contributed by atoms with Crippen LogP contribution in [0.25, 0.3) is 0 Å². The smallest absolute Gasteiger partial charge is 0.331 e. The normalized spacial score (nSPS) is 25.6. The Hall–Kier alpha value is -1.76. The van der Waals surface area contributed by atoms with Crippen LogP contribution in [0.3, 0.4) is 0 Å². The van der Waals surface area contributed by atoms with E-state index in [1.807, 2.05) is 20.8 Å². The number of ether oxygens (including phenoxy) is 4. The monoisotopic (exact) mass is 623 g/mol. The highest BCUT2D eigenvalue weighted by Gasteiger charge is 2.56. The molecule has 0 bridgehead atoms. The van der Waals surface area contributed by atoms with Gasteiger partial charge in [-0.25, -0.2) is 17.9 Å². The summed E-state index contributed by atoms with van der Waals surface area (Å²) in [5.41, 5.74) is 0.948. The summed E-state index contributed by atoms with van der Waals surface area (Å²) >= 11 is 0. The van der Waals surface area contributed by atoms with E-state index in [0.717, 1.165) is 18.4 Å². The van der Waals surface area contributed by atoms with Crippen LogP contribution in [-0.2, 0) is 29.0 Å².